The molecule has 8 nitrogen and oxygen atoms in total. The number of aromatic nitrogens is 1. The number of hydrogen-bond donors (Lipinski definition) is 1. The third-order valence-electron chi connectivity index (χ3n) is 4.54. The van der Waals surface area contributed by atoms with E-state index >= 15 is 0 Å². The van der Waals surface area contributed by atoms with Crippen LogP contribution >= 0.6 is 0 Å². The van der Waals surface area contributed by atoms with Crippen molar-refractivity contribution in [2.75, 3.05) is 23.9 Å². The molecule has 3 rings (SSSR count). The summed E-state index contributed by atoms with van der Waals surface area (Å²) < 4.78 is 28.0. The average Bonchev–Trinajstić information content (AvgIpc) is 3.09. The van der Waals surface area contributed by atoms with Crippen molar-refractivity contribution in [3.05, 3.63) is 11.8 Å². The molecule has 1 aromatic heterocycles. The van der Waals surface area contributed by atoms with E-state index in [0.717, 1.165) is 0 Å². The minimum Gasteiger partial charge on any atom is -0.360 e. The summed E-state index contributed by atoms with van der Waals surface area (Å²) in [6.45, 7) is 1.70. The Labute approximate surface area is 134 Å². The van der Waals surface area contributed by atoms with Crippen molar-refractivity contribution in [3.8, 4) is 0 Å². The standard InChI is InChI=1S/C14H19N3O5S/c1-9-7-11(16-22-9)15-12(18)14(4-5-14)13(19)17(2)10-3-6-23(20,21)8-10/h7,10H,3-6,8H2,1-2H3,(H,15,16,18). The molecule has 1 aliphatic heterocycles. The lowest BCUT2D eigenvalue weighted by atomic mass is 10.0. The van der Waals surface area contributed by atoms with Crippen LogP contribution in [0.2, 0.25) is 0 Å². The normalized spacial score (nSPS) is 24.2. The van der Waals surface area contributed by atoms with Crippen LogP contribution in [0.15, 0.2) is 10.6 Å². The molecular formula is C14H19N3O5S. The molecule has 1 N–H and O–H groups in total. The molecule has 2 aliphatic rings. The molecule has 9 heteroatoms. The van der Waals surface area contributed by atoms with Gasteiger partial charge < -0.3 is 14.7 Å². The van der Waals surface area contributed by atoms with Crippen LogP contribution in [-0.4, -0.2) is 54.9 Å². The highest BCUT2D eigenvalue weighted by atomic mass is 32.2. The quantitative estimate of drug-likeness (QED) is 0.791. The van der Waals surface area contributed by atoms with Crippen molar-refractivity contribution in [3.63, 3.8) is 0 Å². The first kappa shape index (κ1) is 16.0. The number of sulfone groups is 1. The van der Waals surface area contributed by atoms with Crippen molar-refractivity contribution in [1.29, 1.82) is 0 Å². The number of anilines is 1. The monoisotopic (exact) mass is 341 g/mol. The number of rotatable bonds is 4. The van der Waals surface area contributed by atoms with Gasteiger partial charge in [-0.3, -0.25) is 9.59 Å². The smallest absolute Gasteiger partial charge is 0.241 e. The molecule has 0 radical (unpaired) electrons. The van der Waals surface area contributed by atoms with Crippen molar-refractivity contribution in [2.24, 2.45) is 5.41 Å². The fraction of sp³-hybridized carbons (Fsp3) is 0.643. The minimum absolute atomic E-state index is 0.0323. The lowest BCUT2D eigenvalue weighted by molar-refractivity contribution is -0.142. The van der Waals surface area contributed by atoms with Crippen molar-refractivity contribution >= 4 is 27.5 Å². The van der Waals surface area contributed by atoms with Gasteiger partial charge in [0.2, 0.25) is 11.8 Å². The SMILES string of the molecule is Cc1cc(NC(=O)C2(C(=O)N(C)C3CCS(=O)(=O)C3)CC2)no1. The van der Waals surface area contributed by atoms with E-state index in [1.807, 2.05) is 0 Å². The Morgan fingerprint density at radius 1 is 1.43 bits per heavy atom. The van der Waals surface area contributed by atoms with Gasteiger partial charge in [-0.1, -0.05) is 5.16 Å². The van der Waals surface area contributed by atoms with Gasteiger partial charge in [0.05, 0.1) is 11.5 Å². The Morgan fingerprint density at radius 3 is 2.61 bits per heavy atom. The second-order valence-corrected chi connectivity index (χ2v) is 8.56. The number of hydrogen-bond acceptors (Lipinski definition) is 6. The summed E-state index contributed by atoms with van der Waals surface area (Å²) in [7, 11) is -1.51. The fourth-order valence-electron chi connectivity index (χ4n) is 2.91. The molecular weight excluding hydrogens is 322 g/mol. The van der Waals surface area contributed by atoms with Crippen LogP contribution in [0, 0.1) is 12.3 Å². The first-order valence-corrected chi connectivity index (χ1v) is 9.28. The Hall–Kier alpha value is -1.90. The van der Waals surface area contributed by atoms with Gasteiger partial charge in [0, 0.05) is 19.2 Å². The van der Waals surface area contributed by atoms with Gasteiger partial charge in [-0.05, 0) is 26.2 Å². The van der Waals surface area contributed by atoms with E-state index in [-0.39, 0.29) is 29.3 Å². The second-order valence-electron chi connectivity index (χ2n) is 6.33. The minimum atomic E-state index is -3.08. The van der Waals surface area contributed by atoms with E-state index in [1.54, 1.807) is 20.0 Å². The number of nitrogens with zero attached hydrogens (tertiary/aromatic N) is 2. The van der Waals surface area contributed by atoms with Crippen LogP contribution in [0.25, 0.3) is 0 Å². The Kier molecular flexibility index (Phi) is 3.70. The Balaban J connectivity index is 1.69. The summed E-state index contributed by atoms with van der Waals surface area (Å²) in [6.07, 6.45) is 1.33. The number of aryl methyl sites for hydroxylation is 1. The highest BCUT2D eigenvalue weighted by Gasteiger charge is 2.58. The number of carbonyl (C=O) groups excluding carboxylic acids is 2. The number of carbonyl (C=O) groups is 2. The molecule has 2 fully saturated rings. The highest BCUT2D eigenvalue weighted by Crippen LogP contribution is 2.48. The molecule has 2 amide bonds. The Bertz CT molecular complexity index is 750. The maximum Gasteiger partial charge on any atom is 0.241 e. The van der Waals surface area contributed by atoms with Gasteiger partial charge in [0.25, 0.3) is 0 Å². The van der Waals surface area contributed by atoms with E-state index in [9.17, 15) is 18.0 Å². The van der Waals surface area contributed by atoms with E-state index in [2.05, 4.69) is 10.5 Å². The summed E-state index contributed by atoms with van der Waals surface area (Å²) in [5.74, 6) is 0.158. The van der Waals surface area contributed by atoms with E-state index in [4.69, 9.17) is 4.52 Å². The Morgan fingerprint density at radius 2 is 2.13 bits per heavy atom. The topological polar surface area (TPSA) is 110 Å². The maximum absolute atomic E-state index is 12.7. The summed E-state index contributed by atoms with van der Waals surface area (Å²) in [6, 6.07) is 1.22. The molecule has 2 heterocycles. The van der Waals surface area contributed by atoms with E-state index < -0.39 is 21.2 Å². The summed E-state index contributed by atoms with van der Waals surface area (Å²) in [5, 5.41) is 6.29. The molecule has 0 spiro atoms. The third kappa shape index (κ3) is 2.97. The van der Waals surface area contributed by atoms with E-state index in [0.29, 0.717) is 25.0 Å². The van der Waals surface area contributed by atoms with Crippen LogP contribution in [-0.2, 0) is 19.4 Å². The molecule has 0 bridgehead atoms. The molecule has 0 aromatic carbocycles. The summed E-state index contributed by atoms with van der Waals surface area (Å²) in [4.78, 5) is 26.5. The van der Waals surface area contributed by atoms with E-state index in [1.165, 1.54) is 4.90 Å². The van der Waals surface area contributed by atoms with Crippen LogP contribution < -0.4 is 5.32 Å². The van der Waals surface area contributed by atoms with Crippen molar-refractivity contribution in [2.45, 2.75) is 32.2 Å². The van der Waals surface area contributed by atoms with Crippen LogP contribution in [0.5, 0.6) is 0 Å². The zero-order valence-corrected chi connectivity index (χ0v) is 13.9. The van der Waals surface area contributed by atoms with Gasteiger partial charge in [-0.2, -0.15) is 0 Å². The third-order valence-corrected chi connectivity index (χ3v) is 6.29. The summed E-state index contributed by atoms with van der Waals surface area (Å²) in [5.41, 5.74) is -1.10. The second kappa shape index (κ2) is 5.33. The average molecular weight is 341 g/mol. The lowest BCUT2D eigenvalue weighted by Crippen LogP contribution is -2.46. The van der Waals surface area contributed by atoms with Crippen molar-refractivity contribution in [1.82, 2.24) is 10.1 Å². The lowest BCUT2D eigenvalue weighted by Gasteiger charge is -2.27. The molecule has 1 aromatic rings. The predicted molar refractivity (Wildman–Crippen MR) is 81.4 cm³/mol. The fourth-order valence-corrected chi connectivity index (χ4v) is 4.68. The molecule has 1 unspecified atom stereocenters. The first-order valence-electron chi connectivity index (χ1n) is 7.46. The van der Waals surface area contributed by atoms with Crippen LogP contribution in [0.3, 0.4) is 0 Å². The largest absolute Gasteiger partial charge is 0.360 e. The van der Waals surface area contributed by atoms with Crippen molar-refractivity contribution < 1.29 is 22.5 Å². The van der Waals surface area contributed by atoms with Gasteiger partial charge in [-0.25, -0.2) is 8.42 Å². The molecule has 1 saturated heterocycles. The molecule has 1 aliphatic carbocycles. The van der Waals surface area contributed by atoms with Gasteiger partial charge in [-0.15, -0.1) is 0 Å². The van der Waals surface area contributed by atoms with Crippen LogP contribution in [0.1, 0.15) is 25.0 Å². The number of nitrogens with one attached hydrogen (secondary N) is 1. The predicted octanol–water partition coefficient (Wildman–Crippen LogP) is 0.347. The first-order chi connectivity index (χ1) is 10.7. The maximum atomic E-state index is 12.7. The zero-order valence-electron chi connectivity index (χ0n) is 13.0. The zero-order chi connectivity index (χ0) is 16.8. The van der Waals surface area contributed by atoms with Gasteiger partial charge in [0.15, 0.2) is 15.7 Å². The number of amides is 2. The van der Waals surface area contributed by atoms with Gasteiger partial charge >= 0.3 is 0 Å². The van der Waals surface area contributed by atoms with Crippen LogP contribution in [0.4, 0.5) is 5.82 Å². The molecule has 1 atom stereocenters. The molecule has 1 saturated carbocycles. The van der Waals surface area contributed by atoms with Gasteiger partial charge in [0.1, 0.15) is 11.2 Å². The molecule has 23 heavy (non-hydrogen) atoms. The molecule has 126 valence electrons. The highest BCUT2D eigenvalue weighted by molar-refractivity contribution is 7.91. The summed E-state index contributed by atoms with van der Waals surface area (Å²) >= 11 is 0.